The molecule has 98 valence electrons. The summed E-state index contributed by atoms with van der Waals surface area (Å²) in [5, 5.41) is 9.66. The summed E-state index contributed by atoms with van der Waals surface area (Å²) in [5.41, 5.74) is 0.659. The second-order valence-electron chi connectivity index (χ2n) is 4.34. The number of carbonyl (C=O) groups is 1. The fraction of sp³-hybridized carbons (Fsp3) is 0.462. The van der Waals surface area contributed by atoms with Crippen molar-refractivity contribution < 1.29 is 14.6 Å². The monoisotopic (exact) mass is 269 g/mol. The van der Waals surface area contributed by atoms with Gasteiger partial charge < -0.3 is 9.84 Å². The third-order valence-electron chi connectivity index (χ3n) is 2.96. The first kappa shape index (κ1) is 13.5. The van der Waals surface area contributed by atoms with Crippen molar-refractivity contribution in [1.82, 2.24) is 4.90 Å². The molecule has 5 heteroatoms. The molecule has 0 aromatic heterocycles. The molecule has 1 unspecified atom stereocenters. The topological polar surface area (TPSA) is 49.8 Å². The Morgan fingerprint density at radius 3 is 2.83 bits per heavy atom. The highest BCUT2D eigenvalue weighted by Gasteiger charge is 2.21. The minimum Gasteiger partial charge on any atom is -0.394 e. The second kappa shape index (κ2) is 6.29. The Balaban J connectivity index is 1.92. The predicted octanol–water partition coefficient (Wildman–Crippen LogP) is 1.22. The van der Waals surface area contributed by atoms with E-state index in [1.807, 2.05) is 4.90 Å². The fourth-order valence-corrected chi connectivity index (χ4v) is 2.09. The molecule has 1 fully saturated rings. The van der Waals surface area contributed by atoms with E-state index in [0.717, 1.165) is 6.54 Å². The first-order valence-electron chi connectivity index (χ1n) is 5.92. The molecule has 1 saturated heterocycles. The Bertz CT molecular complexity index is 407. The summed E-state index contributed by atoms with van der Waals surface area (Å²) in [6.45, 7) is 2.21. The standard InChI is InChI=1S/C13H16ClNO3/c14-11-3-1-10(2-4-11)13(17)8-15-5-6-18-12(7-15)9-16/h1-4,12,16H,5-9H2. The summed E-state index contributed by atoms with van der Waals surface area (Å²) in [6.07, 6.45) is -0.184. The third-order valence-corrected chi connectivity index (χ3v) is 3.21. The van der Waals surface area contributed by atoms with Crippen molar-refractivity contribution in [1.29, 1.82) is 0 Å². The van der Waals surface area contributed by atoms with Crippen LogP contribution in [-0.2, 0) is 4.74 Å². The molecule has 1 N–H and O–H groups in total. The van der Waals surface area contributed by atoms with Crippen LogP contribution in [0, 0.1) is 0 Å². The summed E-state index contributed by atoms with van der Waals surface area (Å²) in [5.74, 6) is 0.0604. The van der Waals surface area contributed by atoms with Gasteiger partial charge in [0.1, 0.15) is 0 Å². The van der Waals surface area contributed by atoms with Gasteiger partial charge in [0.15, 0.2) is 5.78 Å². The average molecular weight is 270 g/mol. The second-order valence-corrected chi connectivity index (χ2v) is 4.78. The molecule has 2 rings (SSSR count). The van der Waals surface area contributed by atoms with Crippen molar-refractivity contribution in [2.45, 2.75) is 6.10 Å². The summed E-state index contributed by atoms with van der Waals surface area (Å²) in [7, 11) is 0. The number of morpholine rings is 1. The summed E-state index contributed by atoms with van der Waals surface area (Å²) < 4.78 is 5.34. The largest absolute Gasteiger partial charge is 0.394 e. The van der Waals surface area contributed by atoms with Crippen LogP contribution < -0.4 is 0 Å². The highest BCUT2D eigenvalue weighted by Crippen LogP contribution is 2.11. The van der Waals surface area contributed by atoms with Crippen LogP contribution in [0.4, 0.5) is 0 Å². The summed E-state index contributed by atoms with van der Waals surface area (Å²) >= 11 is 5.78. The zero-order chi connectivity index (χ0) is 13.0. The van der Waals surface area contributed by atoms with Gasteiger partial charge in [-0.3, -0.25) is 9.69 Å². The van der Waals surface area contributed by atoms with E-state index in [9.17, 15) is 4.79 Å². The van der Waals surface area contributed by atoms with Crippen molar-refractivity contribution in [3.8, 4) is 0 Å². The number of hydrogen-bond acceptors (Lipinski definition) is 4. The molecule has 18 heavy (non-hydrogen) atoms. The van der Waals surface area contributed by atoms with Gasteiger partial charge in [-0.2, -0.15) is 0 Å². The maximum absolute atomic E-state index is 12.0. The van der Waals surface area contributed by atoms with E-state index in [1.165, 1.54) is 0 Å². The first-order chi connectivity index (χ1) is 8.69. The van der Waals surface area contributed by atoms with Gasteiger partial charge in [-0.25, -0.2) is 0 Å². The minimum atomic E-state index is -0.184. The number of carbonyl (C=O) groups excluding carboxylic acids is 1. The number of nitrogens with zero attached hydrogens (tertiary/aromatic N) is 1. The maximum atomic E-state index is 12.0. The first-order valence-corrected chi connectivity index (χ1v) is 6.30. The molecule has 0 aliphatic carbocycles. The number of ether oxygens (including phenoxy) is 1. The SMILES string of the molecule is O=C(CN1CCOC(CO)C1)c1ccc(Cl)cc1. The van der Waals surface area contributed by atoms with E-state index in [4.69, 9.17) is 21.4 Å². The lowest BCUT2D eigenvalue weighted by Gasteiger charge is -2.31. The van der Waals surface area contributed by atoms with E-state index in [1.54, 1.807) is 24.3 Å². The van der Waals surface area contributed by atoms with Gasteiger partial charge in [-0.15, -0.1) is 0 Å². The average Bonchev–Trinajstić information content (AvgIpc) is 2.39. The number of aliphatic hydroxyl groups is 1. The van der Waals surface area contributed by atoms with E-state index < -0.39 is 0 Å². The quantitative estimate of drug-likeness (QED) is 0.835. The highest BCUT2D eigenvalue weighted by molar-refractivity contribution is 6.30. The minimum absolute atomic E-state index is 0.00830. The van der Waals surface area contributed by atoms with E-state index in [2.05, 4.69) is 0 Å². The number of halogens is 1. The third kappa shape index (κ3) is 3.53. The van der Waals surface area contributed by atoms with Crippen molar-refractivity contribution in [3.05, 3.63) is 34.9 Å². The van der Waals surface area contributed by atoms with Crippen molar-refractivity contribution in [2.24, 2.45) is 0 Å². The van der Waals surface area contributed by atoms with Crippen LogP contribution in [0.5, 0.6) is 0 Å². The van der Waals surface area contributed by atoms with Crippen molar-refractivity contribution in [3.63, 3.8) is 0 Å². The Morgan fingerprint density at radius 1 is 1.44 bits per heavy atom. The number of ketones is 1. The van der Waals surface area contributed by atoms with E-state index in [-0.39, 0.29) is 18.5 Å². The Morgan fingerprint density at radius 2 is 2.17 bits per heavy atom. The fourth-order valence-electron chi connectivity index (χ4n) is 1.96. The van der Waals surface area contributed by atoms with Gasteiger partial charge in [0.05, 0.1) is 25.9 Å². The highest BCUT2D eigenvalue weighted by atomic mass is 35.5. The van der Waals surface area contributed by atoms with Crippen molar-refractivity contribution >= 4 is 17.4 Å². The number of hydrogen-bond donors (Lipinski definition) is 1. The normalized spacial score (nSPS) is 20.9. The van der Waals surface area contributed by atoms with Crippen molar-refractivity contribution in [2.75, 3.05) is 32.8 Å². The zero-order valence-corrected chi connectivity index (χ0v) is 10.8. The molecule has 1 aliphatic heterocycles. The van der Waals surface area contributed by atoms with Crippen LogP contribution in [0.1, 0.15) is 10.4 Å². The van der Waals surface area contributed by atoms with Gasteiger partial charge in [-0.05, 0) is 24.3 Å². The van der Waals surface area contributed by atoms with Crippen LogP contribution in [0.25, 0.3) is 0 Å². The number of benzene rings is 1. The van der Waals surface area contributed by atoms with Crippen LogP contribution in [0.15, 0.2) is 24.3 Å². The zero-order valence-electron chi connectivity index (χ0n) is 10.0. The maximum Gasteiger partial charge on any atom is 0.176 e. The molecular weight excluding hydrogens is 254 g/mol. The number of aliphatic hydroxyl groups excluding tert-OH is 1. The Labute approximate surface area is 111 Å². The van der Waals surface area contributed by atoms with Crippen LogP contribution in [0.3, 0.4) is 0 Å². The van der Waals surface area contributed by atoms with Gasteiger partial charge in [0.25, 0.3) is 0 Å². The van der Waals surface area contributed by atoms with Gasteiger partial charge >= 0.3 is 0 Å². The van der Waals surface area contributed by atoms with Gasteiger partial charge in [0, 0.05) is 23.7 Å². The smallest absolute Gasteiger partial charge is 0.176 e. The van der Waals surface area contributed by atoms with Crippen LogP contribution in [0.2, 0.25) is 5.02 Å². The lowest BCUT2D eigenvalue weighted by Crippen LogP contribution is -2.45. The van der Waals surface area contributed by atoms with Crippen LogP contribution >= 0.6 is 11.6 Å². The molecule has 0 saturated carbocycles. The molecular formula is C13H16ClNO3. The number of rotatable bonds is 4. The van der Waals surface area contributed by atoms with Crippen LogP contribution in [-0.4, -0.2) is 54.7 Å². The van der Waals surface area contributed by atoms with E-state index in [0.29, 0.717) is 30.3 Å². The molecule has 1 aliphatic rings. The molecule has 4 nitrogen and oxygen atoms in total. The summed E-state index contributed by atoms with van der Waals surface area (Å²) in [6, 6.07) is 6.89. The van der Waals surface area contributed by atoms with Gasteiger partial charge in [-0.1, -0.05) is 11.6 Å². The Kier molecular flexibility index (Phi) is 4.72. The lowest BCUT2D eigenvalue weighted by atomic mass is 10.1. The summed E-state index contributed by atoms with van der Waals surface area (Å²) in [4.78, 5) is 14.0. The molecule has 0 spiro atoms. The molecule has 1 atom stereocenters. The molecule has 0 bridgehead atoms. The van der Waals surface area contributed by atoms with E-state index >= 15 is 0 Å². The molecule has 1 aromatic rings. The van der Waals surface area contributed by atoms with Gasteiger partial charge in [0.2, 0.25) is 0 Å². The molecule has 0 amide bonds. The molecule has 1 aromatic carbocycles. The molecule has 1 heterocycles. The molecule has 0 radical (unpaired) electrons. The Hall–Kier alpha value is -0.940. The predicted molar refractivity (Wildman–Crippen MR) is 69.0 cm³/mol. The lowest BCUT2D eigenvalue weighted by molar-refractivity contribution is -0.0503. The number of Topliss-reactive ketones (excluding diaryl/α,β-unsaturated/α-hetero) is 1.